The Morgan fingerprint density at radius 2 is 2.16 bits per heavy atom. The smallest absolute Gasteiger partial charge is 0.320 e. The van der Waals surface area contributed by atoms with Crippen molar-refractivity contribution in [3.05, 3.63) is 0 Å². The number of hydrogen-bond acceptors (Lipinski definition) is 7. The molecule has 0 aromatic rings. The summed E-state index contributed by atoms with van der Waals surface area (Å²) >= 11 is 1.94. The van der Waals surface area contributed by atoms with Crippen molar-refractivity contribution in [2.24, 2.45) is 16.5 Å². The second kappa shape index (κ2) is 9.86. The molecule has 9 heteroatoms. The van der Waals surface area contributed by atoms with Crippen molar-refractivity contribution in [2.45, 2.75) is 68.3 Å². The molecule has 0 unspecified atom stereocenters. The van der Waals surface area contributed by atoms with Gasteiger partial charge in [-0.3, -0.25) is 9.59 Å². The van der Waals surface area contributed by atoms with Crippen LogP contribution in [0, 0.1) is 0 Å². The van der Waals surface area contributed by atoms with E-state index in [1.54, 1.807) is 0 Å². The first-order chi connectivity index (χ1) is 12.0. The lowest BCUT2D eigenvalue weighted by Crippen LogP contribution is -2.41. The normalized spacial score (nSPS) is 25.8. The Hall–Kier alpha value is -1.48. The third kappa shape index (κ3) is 6.39. The third-order valence-electron chi connectivity index (χ3n) is 4.64. The second-order valence-electron chi connectivity index (χ2n) is 6.66. The number of aliphatic imine (C=N–C) groups is 1. The number of aliphatic carboxylic acids is 1. The molecule has 25 heavy (non-hydrogen) atoms. The molecule has 2 rings (SSSR count). The number of nitrogens with one attached hydrogen (secondary N) is 2. The highest BCUT2D eigenvalue weighted by Crippen LogP contribution is 2.34. The zero-order chi connectivity index (χ0) is 18.2. The van der Waals surface area contributed by atoms with E-state index in [1.165, 1.54) is 0 Å². The number of carbonyl (C=O) groups is 2. The standard InChI is InChI=1S/C16H29N5O3S/c17-10(15(23)24)5-3-4-8-19-13(22)7-2-1-6-12-14-11(9-25-12)20-16(18)21-14/h10-12,14H,1-9,17H2,(H,19,22)(H,23,24)(H3,18,20,21)/t10-,11-,12-,14-/m0/s1. The Bertz CT molecular complexity index is 502. The molecule has 7 N–H and O–H groups in total. The number of nitrogens with zero attached hydrogens (tertiary/aromatic N) is 1. The molecule has 2 aliphatic heterocycles. The van der Waals surface area contributed by atoms with Gasteiger partial charge in [-0.15, -0.1) is 0 Å². The molecule has 1 amide bonds. The maximum atomic E-state index is 11.8. The zero-order valence-corrected chi connectivity index (χ0v) is 15.3. The number of carboxylic acids is 1. The van der Waals surface area contributed by atoms with Crippen molar-refractivity contribution in [3.8, 4) is 0 Å². The van der Waals surface area contributed by atoms with Gasteiger partial charge in [-0.1, -0.05) is 6.42 Å². The van der Waals surface area contributed by atoms with E-state index in [1.807, 2.05) is 11.8 Å². The summed E-state index contributed by atoms with van der Waals surface area (Å²) in [5.74, 6) is 0.669. The fourth-order valence-corrected chi connectivity index (χ4v) is 4.71. The monoisotopic (exact) mass is 371 g/mol. The fourth-order valence-electron chi connectivity index (χ4n) is 3.19. The molecule has 2 heterocycles. The minimum absolute atomic E-state index is 0.0612. The number of thioether (sulfide) groups is 1. The highest BCUT2D eigenvalue weighted by Gasteiger charge is 2.40. The number of rotatable bonds is 11. The van der Waals surface area contributed by atoms with Gasteiger partial charge in [-0.25, -0.2) is 4.99 Å². The van der Waals surface area contributed by atoms with Crippen LogP contribution in [0.2, 0.25) is 0 Å². The first kappa shape index (κ1) is 19.8. The highest BCUT2D eigenvalue weighted by atomic mass is 32.2. The number of amides is 1. The molecule has 0 spiro atoms. The SMILES string of the molecule is NC1=N[C@H]2CS[C@@H](CCCCC(=O)NCCCC[C@H](N)C(=O)O)[C@H]2N1. The predicted octanol–water partition coefficient (Wildman–Crippen LogP) is 0.0157. The van der Waals surface area contributed by atoms with Crippen LogP contribution < -0.4 is 22.1 Å². The summed E-state index contributed by atoms with van der Waals surface area (Å²) in [5.41, 5.74) is 11.1. The summed E-state index contributed by atoms with van der Waals surface area (Å²) in [5, 5.41) is 15.3. The van der Waals surface area contributed by atoms with E-state index in [2.05, 4.69) is 15.6 Å². The quantitative estimate of drug-likeness (QED) is 0.322. The minimum Gasteiger partial charge on any atom is -0.480 e. The lowest BCUT2D eigenvalue weighted by atomic mass is 10.0. The van der Waals surface area contributed by atoms with Gasteiger partial charge in [-0.2, -0.15) is 11.8 Å². The average molecular weight is 372 g/mol. The van der Waals surface area contributed by atoms with E-state index in [4.69, 9.17) is 16.6 Å². The number of nitrogens with two attached hydrogens (primary N) is 2. The lowest BCUT2D eigenvalue weighted by molar-refractivity contribution is -0.138. The summed E-state index contributed by atoms with van der Waals surface area (Å²) in [6, 6.07) is -0.137. The molecular weight excluding hydrogens is 342 g/mol. The largest absolute Gasteiger partial charge is 0.480 e. The average Bonchev–Trinajstić information content (AvgIpc) is 3.10. The molecule has 0 aromatic carbocycles. The van der Waals surface area contributed by atoms with Gasteiger partial charge < -0.3 is 27.2 Å². The summed E-state index contributed by atoms with van der Waals surface area (Å²) in [7, 11) is 0. The van der Waals surface area contributed by atoms with Crippen LogP contribution in [0.5, 0.6) is 0 Å². The Labute approximate surface area is 152 Å². The molecule has 4 atom stereocenters. The first-order valence-corrected chi connectivity index (χ1v) is 9.98. The van der Waals surface area contributed by atoms with Gasteiger partial charge in [0.15, 0.2) is 5.96 Å². The Morgan fingerprint density at radius 1 is 1.36 bits per heavy atom. The van der Waals surface area contributed by atoms with Gasteiger partial charge in [0.1, 0.15) is 6.04 Å². The van der Waals surface area contributed by atoms with E-state index in [0.29, 0.717) is 49.1 Å². The summed E-state index contributed by atoms with van der Waals surface area (Å²) in [6.45, 7) is 0.577. The second-order valence-corrected chi connectivity index (χ2v) is 7.93. The van der Waals surface area contributed by atoms with Gasteiger partial charge >= 0.3 is 5.97 Å². The molecule has 0 aliphatic carbocycles. The van der Waals surface area contributed by atoms with Crippen molar-refractivity contribution in [1.29, 1.82) is 0 Å². The van der Waals surface area contributed by atoms with E-state index < -0.39 is 12.0 Å². The zero-order valence-electron chi connectivity index (χ0n) is 14.4. The van der Waals surface area contributed by atoms with E-state index in [-0.39, 0.29) is 5.91 Å². The third-order valence-corrected chi connectivity index (χ3v) is 6.13. The van der Waals surface area contributed by atoms with Crippen LogP contribution in [0.3, 0.4) is 0 Å². The number of hydrogen-bond donors (Lipinski definition) is 5. The Kier molecular flexibility index (Phi) is 7.83. The van der Waals surface area contributed by atoms with Crippen molar-refractivity contribution < 1.29 is 14.7 Å². The molecular formula is C16H29N5O3S. The van der Waals surface area contributed by atoms with E-state index in [0.717, 1.165) is 31.4 Å². The molecule has 2 aliphatic rings. The van der Waals surface area contributed by atoms with Crippen LogP contribution in [0.25, 0.3) is 0 Å². The predicted molar refractivity (Wildman–Crippen MR) is 99.5 cm³/mol. The van der Waals surface area contributed by atoms with Crippen LogP contribution in [0.4, 0.5) is 0 Å². The van der Waals surface area contributed by atoms with Gasteiger partial charge in [-0.05, 0) is 32.1 Å². The number of fused-ring (bicyclic) bond motifs is 1. The molecule has 8 nitrogen and oxygen atoms in total. The van der Waals surface area contributed by atoms with Gasteiger partial charge in [0.2, 0.25) is 5.91 Å². The summed E-state index contributed by atoms with van der Waals surface area (Å²) in [4.78, 5) is 26.7. The van der Waals surface area contributed by atoms with Gasteiger partial charge in [0.25, 0.3) is 0 Å². The van der Waals surface area contributed by atoms with Crippen LogP contribution >= 0.6 is 11.8 Å². The molecule has 142 valence electrons. The molecule has 1 saturated heterocycles. The number of carboxylic acid groups (broad SMARTS) is 1. The van der Waals surface area contributed by atoms with E-state index in [9.17, 15) is 9.59 Å². The number of guanidine groups is 1. The molecule has 0 aromatic heterocycles. The summed E-state index contributed by atoms with van der Waals surface area (Å²) in [6.07, 6.45) is 5.39. The van der Waals surface area contributed by atoms with Gasteiger partial charge in [0.05, 0.1) is 12.1 Å². The Balaban J connectivity index is 1.46. The highest BCUT2D eigenvalue weighted by molar-refractivity contribution is 8.00. The minimum atomic E-state index is -0.974. The van der Waals surface area contributed by atoms with Crippen LogP contribution in [-0.4, -0.2) is 58.6 Å². The van der Waals surface area contributed by atoms with Crippen molar-refractivity contribution in [2.75, 3.05) is 12.3 Å². The molecule has 0 bridgehead atoms. The van der Waals surface area contributed by atoms with Crippen molar-refractivity contribution >= 4 is 29.6 Å². The maximum absolute atomic E-state index is 11.8. The topological polar surface area (TPSA) is 143 Å². The van der Waals surface area contributed by atoms with Crippen LogP contribution in [0.15, 0.2) is 4.99 Å². The molecule has 0 saturated carbocycles. The molecule has 1 fully saturated rings. The van der Waals surface area contributed by atoms with Crippen molar-refractivity contribution in [1.82, 2.24) is 10.6 Å². The van der Waals surface area contributed by atoms with Crippen LogP contribution in [0.1, 0.15) is 44.9 Å². The maximum Gasteiger partial charge on any atom is 0.320 e. The first-order valence-electron chi connectivity index (χ1n) is 8.94. The summed E-state index contributed by atoms with van der Waals surface area (Å²) < 4.78 is 0. The number of unbranched alkanes of at least 4 members (excludes halogenated alkanes) is 2. The van der Waals surface area contributed by atoms with Crippen LogP contribution in [-0.2, 0) is 9.59 Å². The van der Waals surface area contributed by atoms with E-state index >= 15 is 0 Å². The van der Waals surface area contributed by atoms with Gasteiger partial charge in [0, 0.05) is 24.0 Å². The molecule has 0 radical (unpaired) electrons. The fraction of sp³-hybridized carbons (Fsp3) is 0.812. The Morgan fingerprint density at radius 3 is 2.92 bits per heavy atom. The lowest BCUT2D eigenvalue weighted by Gasteiger charge is -2.17. The number of carbonyl (C=O) groups excluding carboxylic acids is 1. The van der Waals surface area contributed by atoms with Crippen molar-refractivity contribution in [3.63, 3.8) is 0 Å².